The van der Waals surface area contributed by atoms with E-state index in [0.29, 0.717) is 11.5 Å². The zero-order chi connectivity index (χ0) is 12.1. The highest BCUT2D eigenvalue weighted by Gasteiger charge is 2.11. The van der Waals surface area contributed by atoms with Crippen molar-refractivity contribution in [2.24, 2.45) is 0 Å². The van der Waals surface area contributed by atoms with Crippen LogP contribution in [-0.4, -0.2) is 23.1 Å². The summed E-state index contributed by atoms with van der Waals surface area (Å²) in [6, 6.07) is 0. The second kappa shape index (κ2) is 6.58. The Hall–Kier alpha value is -0.110. The molecule has 88 valence electrons. The van der Waals surface area contributed by atoms with Crippen molar-refractivity contribution in [1.29, 1.82) is 0 Å². The van der Waals surface area contributed by atoms with Crippen LogP contribution in [0.15, 0.2) is 13.2 Å². The average molecular weight is 294 g/mol. The van der Waals surface area contributed by atoms with E-state index in [2.05, 4.69) is 0 Å². The molecule has 1 rings (SSSR count). The molecule has 0 unspecified atom stereocenters. The molecule has 0 spiro atoms. The van der Waals surface area contributed by atoms with Gasteiger partial charge in [-0.3, -0.25) is 14.4 Å². The maximum Gasteiger partial charge on any atom is 0.289 e. The van der Waals surface area contributed by atoms with Crippen molar-refractivity contribution in [3.63, 3.8) is 0 Å². The van der Waals surface area contributed by atoms with Crippen molar-refractivity contribution in [2.45, 2.75) is 22.3 Å². The van der Waals surface area contributed by atoms with E-state index < -0.39 is 0 Å². The van der Waals surface area contributed by atoms with Gasteiger partial charge in [0.05, 0.1) is 19.9 Å². The Morgan fingerprint density at radius 3 is 1.69 bits per heavy atom. The topological polar surface area (TPSA) is 51.2 Å². The molecule has 1 aromatic rings. The fourth-order valence-corrected chi connectivity index (χ4v) is 5.61. The molecule has 0 saturated carbocycles. The molecular weight excluding hydrogens is 284 g/mol. The highest BCUT2D eigenvalue weighted by Crippen LogP contribution is 2.36. The summed E-state index contributed by atoms with van der Waals surface area (Å²) in [4.78, 5) is 32.9. The minimum Gasteiger partial charge on any atom is -0.299 e. The highest BCUT2D eigenvalue weighted by atomic mass is 32.2. The summed E-state index contributed by atoms with van der Waals surface area (Å²) in [7, 11) is 0. The van der Waals surface area contributed by atoms with Gasteiger partial charge in [-0.2, -0.15) is 0 Å². The van der Waals surface area contributed by atoms with E-state index in [-0.39, 0.29) is 15.6 Å². The molecule has 0 aromatic carbocycles. The van der Waals surface area contributed by atoms with Gasteiger partial charge in [0.1, 0.15) is 11.6 Å². The Labute approximate surface area is 110 Å². The van der Waals surface area contributed by atoms with Gasteiger partial charge in [0.15, 0.2) is 0 Å². The normalized spacial score (nSPS) is 10.4. The lowest BCUT2D eigenvalue weighted by Crippen LogP contribution is -1.93. The van der Waals surface area contributed by atoms with E-state index >= 15 is 0 Å². The number of thioether (sulfide) groups is 2. The van der Waals surface area contributed by atoms with Crippen molar-refractivity contribution in [3.05, 3.63) is 8.85 Å². The molecule has 0 aliphatic rings. The van der Waals surface area contributed by atoms with E-state index in [1.807, 2.05) is 0 Å². The van der Waals surface area contributed by atoms with Crippen LogP contribution in [0.1, 0.15) is 13.8 Å². The fraction of sp³-hybridized carbons (Fsp3) is 0.444. The van der Waals surface area contributed by atoms with Crippen LogP contribution in [0.3, 0.4) is 0 Å². The summed E-state index contributed by atoms with van der Waals surface area (Å²) in [5.74, 6) is 0.914. The van der Waals surface area contributed by atoms with Gasteiger partial charge in [0.25, 0.3) is 4.06 Å². The summed E-state index contributed by atoms with van der Waals surface area (Å²) in [5.41, 5.74) is 0. The minimum absolute atomic E-state index is 0.0112. The first-order valence-corrected chi connectivity index (χ1v) is 7.98. The zero-order valence-corrected chi connectivity index (χ0v) is 12.0. The van der Waals surface area contributed by atoms with Gasteiger partial charge in [-0.1, -0.05) is 22.7 Å². The lowest BCUT2D eigenvalue weighted by Gasteiger charge is -1.98. The van der Waals surface area contributed by atoms with Gasteiger partial charge in [-0.05, 0) is 13.8 Å². The Morgan fingerprint density at radius 2 is 1.38 bits per heavy atom. The third-order valence-electron chi connectivity index (χ3n) is 1.33. The molecule has 0 saturated heterocycles. The second-order valence-corrected chi connectivity index (χ2v) is 7.72. The smallest absolute Gasteiger partial charge is 0.289 e. The molecule has 0 aliphatic heterocycles. The minimum atomic E-state index is 0.0112. The van der Waals surface area contributed by atoms with Gasteiger partial charge >= 0.3 is 0 Å². The third kappa shape index (κ3) is 4.82. The first-order chi connectivity index (χ1) is 7.49. The summed E-state index contributed by atoms with van der Waals surface area (Å²) in [6.07, 6.45) is 0. The summed E-state index contributed by atoms with van der Waals surface area (Å²) >= 11 is 5.05. The van der Waals surface area contributed by atoms with E-state index in [1.165, 1.54) is 37.4 Å². The monoisotopic (exact) mass is 294 g/mol. The third-order valence-corrected chi connectivity index (χ3v) is 6.70. The quantitative estimate of drug-likeness (QED) is 0.755. The number of rotatable bonds is 6. The van der Waals surface area contributed by atoms with Crippen LogP contribution in [0.2, 0.25) is 0 Å². The number of carbonyl (C=O) groups excluding carboxylic acids is 2. The summed E-state index contributed by atoms with van der Waals surface area (Å²) in [5, 5.41) is 0. The number of hydrogen-bond acceptors (Lipinski definition) is 7. The van der Waals surface area contributed by atoms with Crippen LogP contribution in [0.4, 0.5) is 0 Å². The van der Waals surface area contributed by atoms with Crippen LogP contribution in [0.5, 0.6) is 0 Å². The molecule has 1 heterocycles. The maximum atomic E-state index is 11.2. The second-order valence-electron chi connectivity index (χ2n) is 3.01. The first-order valence-electron chi connectivity index (χ1n) is 4.37. The number of carbonyl (C=O) groups is 2. The van der Waals surface area contributed by atoms with Gasteiger partial charge in [-0.15, -0.1) is 23.5 Å². The molecule has 16 heavy (non-hydrogen) atoms. The lowest BCUT2D eigenvalue weighted by atomic mass is 10.5. The molecule has 0 bridgehead atoms. The highest BCUT2D eigenvalue weighted by molar-refractivity contribution is 8.05. The van der Waals surface area contributed by atoms with Crippen LogP contribution >= 0.6 is 46.2 Å². The Kier molecular flexibility index (Phi) is 5.74. The molecule has 3 nitrogen and oxygen atoms in total. The van der Waals surface area contributed by atoms with Gasteiger partial charge in [0.2, 0.25) is 0 Å². The first kappa shape index (κ1) is 14.0. The van der Waals surface area contributed by atoms with Crippen molar-refractivity contribution < 1.29 is 9.59 Å². The molecule has 7 heteroatoms. The van der Waals surface area contributed by atoms with Crippen LogP contribution in [0.25, 0.3) is 0 Å². The van der Waals surface area contributed by atoms with Crippen molar-refractivity contribution in [3.8, 4) is 0 Å². The lowest BCUT2D eigenvalue weighted by molar-refractivity contribution is -0.115. The molecule has 0 N–H and O–H groups in total. The zero-order valence-electron chi connectivity index (χ0n) is 8.77. The average Bonchev–Trinajstić information content (AvgIpc) is 2.52. The molecule has 0 radical (unpaired) electrons. The number of hydrogen-bond donors (Lipinski definition) is 0. The van der Waals surface area contributed by atoms with Gasteiger partial charge in [-0.25, -0.2) is 0 Å². The molecule has 0 atom stereocenters. The molecule has 0 fully saturated rings. The maximum absolute atomic E-state index is 11.2. The van der Waals surface area contributed by atoms with Crippen LogP contribution in [-0.2, 0) is 9.59 Å². The largest absolute Gasteiger partial charge is 0.299 e. The summed E-state index contributed by atoms with van der Waals surface area (Å²) < 4.78 is 1.73. The molecule has 0 aliphatic carbocycles. The fourth-order valence-electron chi connectivity index (χ4n) is 0.767. The number of ketones is 2. The predicted molar refractivity (Wildman–Crippen MR) is 71.3 cm³/mol. The van der Waals surface area contributed by atoms with Crippen LogP contribution < -0.4 is 4.06 Å². The molecule has 0 amide bonds. The van der Waals surface area contributed by atoms with Crippen molar-refractivity contribution in [1.82, 2.24) is 0 Å². The van der Waals surface area contributed by atoms with E-state index in [4.69, 9.17) is 0 Å². The molecule has 1 aromatic heterocycles. The van der Waals surface area contributed by atoms with E-state index in [9.17, 15) is 14.4 Å². The standard InChI is InChI=1S/C9H10O3S4/c1-5(10)3-13-7-8(14-4-6(2)11)16-9(12)15-7/h3-4H2,1-2H3. The van der Waals surface area contributed by atoms with Gasteiger partial charge in [0, 0.05) is 0 Å². The Morgan fingerprint density at radius 1 is 1.00 bits per heavy atom. The SMILES string of the molecule is CC(=O)CSc1sc(=O)sc1SCC(C)=O. The van der Waals surface area contributed by atoms with E-state index in [0.717, 1.165) is 31.1 Å². The van der Waals surface area contributed by atoms with Gasteiger partial charge < -0.3 is 0 Å². The van der Waals surface area contributed by atoms with E-state index in [1.54, 1.807) is 0 Å². The summed E-state index contributed by atoms with van der Waals surface area (Å²) in [6.45, 7) is 3.04. The molecular formula is C9H10O3S4. The Balaban J connectivity index is 2.70. The van der Waals surface area contributed by atoms with Crippen molar-refractivity contribution in [2.75, 3.05) is 11.5 Å². The van der Waals surface area contributed by atoms with Crippen LogP contribution in [0, 0.1) is 0 Å². The predicted octanol–water partition coefficient (Wildman–Crippen LogP) is 2.53. The Bertz CT molecular complexity index is 407. The number of Topliss-reactive ketones (excluding diaryl/α,β-unsaturated/α-hetero) is 2. The van der Waals surface area contributed by atoms with Crippen molar-refractivity contribution >= 4 is 57.8 Å².